The molecule has 4 rings (SSSR count). The average molecular weight is 500 g/mol. The number of benzene rings is 1. The maximum atomic E-state index is 13.6. The molecule has 0 amide bonds. The predicted molar refractivity (Wildman–Crippen MR) is 134 cm³/mol. The summed E-state index contributed by atoms with van der Waals surface area (Å²) in [6.07, 6.45) is 4.75. The van der Waals surface area contributed by atoms with Crippen LogP contribution in [0.15, 0.2) is 42.9 Å². The van der Waals surface area contributed by atoms with Gasteiger partial charge in [0.05, 0.1) is 23.4 Å². The Hall–Kier alpha value is -3.34. The molecule has 2 atom stereocenters. The minimum atomic E-state index is -0.506. The number of esters is 1. The van der Waals surface area contributed by atoms with Crippen LogP contribution in [0.5, 0.6) is 0 Å². The average Bonchev–Trinajstić information content (AvgIpc) is 2.86. The molecular formula is C24H27ClFN7O2. The summed E-state index contributed by atoms with van der Waals surface area (Å²) in [5, 5.41) is 10.0. The predicted octanol–water partition coefficient (Wildman–Crippen LogP) is 3.60. The van der Waals surface area contributed by atoms with E-state index in [-0.39, 0.29) is 17.8 Å². The number of carbonyl (C=O) groups excluding carboxylic acids is 1. The molecule has 0 saturated carbocycles. The number of aromatic nitrogens is 3. The van der Waals surface area contributed by atoms with Crippen molar-refractivity contribution in [2.24, 2.45) is 0 Å². The summed E-state index contributed by atoms with van der Waals surface area (Å²) in [7, 11) is 1.93. The summed E-state index contributed by atoms with van der Waals surface area (Å²) in [5.74, 6) is -0.0263. The monoisotopic (exact) mass is 499 g/mol. The lowest BCUT2D eigenvalue weighted by Gasteiger charge is -2.36. The molecule has 11 heteroatoms. The number of nitrogens with one attached hydrogen (secondary N) is 3. The zero-order chi connectivity index (χ0) is 24.9. The Kier molecular flexibility index (Phi) is 7.74. The van der Waals surface area contributed by atoms with Gasteiger partial charge in [-0.15, -0.1) is 0 Å². The highest BCUT2D eigenvalue weighted by molar-refractivity contribution is 6.31. The molecule has 1 fully saturated rings. The molecule has 35 heavy (non-hydrogen) atoms. The zero-order valence-corrected chi connectivity index (χ0v) is 20.4. The maximum Gasteiger partial charge on any atom is 0.339 e. The van der Waals surface area contributed by atoms with E-state index in [1.165, 1.54) is 18.3 Å². The number of piperazine rings is 1. The van der Waals surface area contributed by atoms with Crippen molar-refractivity contribution in [3.63, 3.8) is 0 Å². The van der Waals surface area contributed by atoms with Crippen molar-refractivity contribution >= 4 is 35.0 Å². The third-order valence-electron chi connectivity index (χ3n) is 5.63. The molecule has 1 saturated heterocycles. The number of nitrogens with zero attached hydrogens (tertiary/aromatic N) is 4. The maximum absolute atomic E-state index is 13.6. The van der Waals surface area contributed by atoms with E-state index in [4.69, 9.17) is 21.3 Å². The highest BCUT2D eigenvalue weighted by atomic mass is 35.5. The molecule has 0 aliphatic carbocycles. The fourth-order valence-corrected chi connectivity index (χ4v) is 3.89. The van der Waals surface area contributed by atoms with Crippen LogP contribution in [-0.2, 0) is 4.74 Å². The minimum Gasteiger partial charge on any atom is -0.462 e. The Morgan fingerprint density at radius 3 is 2.80 bits per heavy atom. The smallest absolute Gasteiger partial charge is 0.339 e. The van der Waals surface area contributed by atoms with Gasteiger partial charge in [0.1, 0.15) is 11.6 Å². The van der Waals surface area contributed by atoms with Gasteiger partial charge in [-0.05, 0) is 38.1 Å². The molecule has 0 bridgehead atoms. The Morgan fingerprint density at radius 2 is 2.09 bits per heavy atom. The third kappa shape index (κ3) is 5.84. The summed E-state index contributed by atoms with van der Waals surface area (Å²) < 4.78 is 18.7. The SMILES string of the molecule is CCOC(=O)c1cncc(-c2cnc(Nc3ccc(F)c(Cl)c3)nc2N(C)C2CNC(C)CN2)c1. The van der Waals surface area contributed by atoms with Crippen LogP contribution in [0.3, 0.4) is 0 Å². The van der Waals surface area contributed by atoms with Crippen molar-refractivity contribution in [1.29, 1.82) is 0 Å². The molecule has 2 unspecified atom stereocenters. The van der Waals surface area contributed by atoms with E-state index in [9.17, 15) is 9.18 Å². The van der Waals surface area contributed by atoms with Gasteiger partial charge in [0.15, 0.2) is 0 Å². The molecule has 2 aromatic heterocycles. The Morgan fingerprint density at radius 1 is 1.26 bits per heavy atom. The van der Waals surface area contributed by atoms with Gasteiger partial charge in [-0.2, -0.15) is 4.98 Å². The lowest BCUT2D eigenvalue weighted by Crippen LogP contribution is -2.59. The molecule has 0 spiro atoms. The second-order valence-corrected chi connectivity index (χ2v) is 8.62. The number of ether oxygens (including phenoxy) is 1. The van der Waals surface area contributed by atoms with Gasteiger partial charge in [0.2, 0.25) is 5.95 Å². The number of hydrogen-bond acceptors (Lipinski definition) is 9. The first-order valence-corrected chi connectivity index (χ1v) is 11.6. The topological polar surface area (TPSA) is 104 Å². The quantitative estimate of drug-likeness (QED) is 0.420. The lowest BCUT2D eigenvalue weighted by molar-refractivity contribution is 0.0526. The standard InChI is InChI=1S/C24H27ClFN7O2/c1-4-35-23(34)16-7-15(10-27-11-16)18-12-30-24(31-17-5-6-20(26)19(25)8-17)32-22(18)33(3)21-13-28-14(2)9-29-21/h5-8,10-12,14,21,28-29H,4,9,13H2,1-3H3,(H,30,31,32). The molecule has 1 aliphatic heterocycles. The van der Waals surface area contributed by atoms with Crippen molar-refractivity contribution in [3.05, 3.63) is 59.3 Å². The first-order valence-electron chi connectivity index (χ1n) is 11.3. The van der Waals surface area contributed by atoms with Crippen LogP contribution < -0.4 is 20.9 Å². The summed E-state index contributed by atoms with van der Waals surface area (Å²) in [4.78, 5) is 27.7. The van der Waals surface area contributed by atoms with Crippen LogP contribution >= 0.6 is 11.6 Å². The minimum absolute atomic E-state index is 0.00239. The number of hydrogen-bond donors (Lipinski definition) is 3. The lowest BCUT2D eigenvalue weighted by atomic mass is 10.1. The van der Waals surface area contributed by atoms with E-state index >= 15 is 0 Å². The van der Waals surface area contributed by atoms with Crippen LogP contribution in [0.2, 0.25) is 5.02 Å². The van der Waals surface area contributed by atoms with Crippen molar-refractivity contribution in [2.75, 3.05) is 37.0 Å². The van der Waals surface area contributed by atoms with Crippen molar-refractivity contribution in [1.82, 2.24) is 25.6 Å². The van der Waals surface area contributed by atoms with Crippen LogP contribution in [0, 0.1) is 5.82 Å². The second-order valence-electron chi connectivity index (χ2n) is 8.21. The number of anilines is 3. The molecule has 3 heterocycles. The summed E-state index contributed by atoms with van der Waals surface area (Å²) in [5.41, 5.74) is 2.25. The van der Waals surface area contributed by atoms with Crippen molar-refractivity contribution < 1.29 is 13.9 Å². The van der Waals surface area contributed by atoms with Gasteiger partial charge in [-0.3, -0.25) is 10.3 Å². The van der Waals surface area contributed by atoms with E-state index in [1.807, 2.05) is 11.9 Å². The summed E-state index contributed by atoms with van der Waals surface area (Å²) in [6.45, 7) is 5.64. The van der Waals surface area contributed by atoms with Crippen LogP contribution in [0.25, 0.3) is 11.1 Å². The van der Waals surface area contributed by atoms with Gasteiger partial charge in [0, 0.05) is 61.6 Å². The summed E-state index contributed by atoms with van der Waals surface area (Å²) in [6, 6.07) is 6.37. The molecule has 9 nitrogen and oxygen atoms in total. The zero-order valence-electron chi connectivity index (χ0n) is 19.7. The van der Waals surface area contributed by atoms with Gasteiger partial charge in [0.25, 0.3) is 0 Å². The fraction of sp³-hybridized carbons (Fsp3) is 0.333. The fourth-order valence-electron chi connectivity index (χ4n) is 3.71. The molecule has 3 aromatic rings. The highest BCUT2D eigenvalue weighted by Crippen LogP contribution is 2.31. The van der Waals surface area contributed by atoms with Gasteiger partial charge in [-0.1, -0.05) is 11.6 Å². The number of halogens is 2. The number of pyridine rings is 1. The normalized spacial score (nSPS) is 17.6. The van der Waals surface area contributed by atoms with Gasteiger partial charge in [-0.25, -0.2) is 14.2 Å². The number of rotatable bonds is 7. The molecule has 184 valence electrons. The Bertz CT molecular complexity index is 1200. The van der Waals surface area contributed by atoms with Crippen molar-refractivity contribution in [3.8, 4) is 11.1 Å². The van der Waals surface area contributed by atoms with E-state index in [0.717, 1.165) is 6.54 Å². The molecule has 1 aliphatic rings. The molecule has 1 aromatic carbocycles. The first-order chi connectivity index (χ1) is 16.9. The largest absolute Gasteiger partial charge is 0.462 e. The number of carbonyl (C=O) groups is 1. The van der Waals surface area contributed by atoms with Gasteiger partial charge < -0.3 is 20.3 Å². The number of likely N-dealkylation sites (N-methyl/N-ethyl adjacent to an activating group) is 1. The van der Waals surface area contributed by atoms with E-state index < -0.39 is 11.8 Å². The second kappa shape index (κ2) is 10.9. The molecular weight excluding hydrogens is 473 g/mol. The van der Waals surface area contributed by atoms with Crippen LogP contribution in [0.1, 0.15) is 24.2 Å². The highest BCUT2D eigenvalue weighted by Gasteiger charge is 2.25. The van der Waals surface area contributed by atoms with Gasteiger partial charge >= 0.3 is 5.97 Å². The van der Waals surface area contributed by atoms with Crippen LogP contribution in [0.4, 0.5) is 21.8 Å². The van der Waals surface area contributed by atoms with E-state index in [2.05, 4.69) is 32.8 Å². The molecule has 0 radical (unpaired) electrons. The Balaban J connectivity index is 1.72. The Labute approximate surface area is 208 Å². The summed E-state index contributed by atoms with van der Waals surface area (Å²) >= 11 is 5.92. The van der Waals surface area contributed by atoms with Crippen molar-refractivity contribution in [2.45, 2.75) is 26.1 Å². The first kappa shape index (κ1) is 24.8. The third-order valence-corrected chi connectivity index (χ3v) is 5.92. The molecule has 3 N–H and O–H groups in total. The van der Waals surface area contributed by atoms with E-state index in [0.29, 0.717) is 46.7 Å². The van der Waals surface area contributed by atoms with Crippen LogP contribution in [-0.4, -0.2) is 59.9 Å². The van der Waals surface area contributed by atoms with E-state index in [1.54, 1.807) is 31.5 Å².